The molecule has 0 amide bonds. The van der Waals surface area contributed by atoms with Crippen LogP contribution >= 0.6 is 0 Å². The Hall–Kier alpha value is -1.81. The van der Waals surface area contributed by atoms with Crippen molar-refractivity contribution in [1.82, 2.24) is 14.1 Å². The van der Waals surface area contributed by atoms with Crippen LogP contribution in [0.1, 0.15) is 0 Å². The molecule has 126 valence electrons. The molecule has 1 heterocycles. The third-order valence-corrected chi connectivity index (χ3v) is 5.02. The molecular formula is C14H18FN3O4S. The molecule has 0 fully saturated rings. The summed E-state index contributed by atoms with van der Waals surface area (Å²) in [5, 5.41) is 13.5. The van der Waals surface area contributed by atoms with E-state index in [1.165, 1.54) is 37.2 Å². The van der Waals surface area contributed by atoms with Gasteiger partial charge < -0.3 is 9.84 Å². The molecule has 0 radical (unpaired) electrons. The van der Waals surface area contributed by atoms with E-state index in [-0.39, 0.29) is 23.7 Å². The Kier molecular flexibility index (Phi) is 5.47. The average molecular weight is 343 g/mol. The van der Waals surface area contributed by atoms with Gasteiger partial charge in [0.1, 0.15) is 11.5 Å². The van der Waals surface area contributed by atoms with Gasteiger partial charge in [0, 0.05) is 33.1 Å². The number of aliphatic hydroxyl groups is 1. The number of halogens is 1. The summed E-state index contributed by atoms with van der Waals surface area (Å²) >= 11 is 0. The Labute approximate surface area is 134 Å². The Balaban J connectivity index is 2.25. The van der Waals surface area contributed by atoms with Crippen LogP contribution in [0.25, 0.3) is 5.69 Å². The van der Waals surface area contributed by atoms with E-state index in [1.54, 1.807) is 12.3 Å². The maximum Gasteiger partial charge on any atom is 0.243 e. The van der Waals surface area contributed by atoms with Gasteiger partial charge in [-0.3, -0.25) is 0 Å². The highest BCUT2D eigenvalue weighted by atomic mass is 32.2. The normalized spacial score (nSPS) is 13.4. The van der Waals surface area contributed by atoms with Gasteiger partial charge in [0.15, 0.2) is 0 Å². The summed E-state index contributed by atoms with van der Waals surface area (Å²) in [6.45, 7) is -0.148. The number of rotatable bonds is 7. The zero-order chi connectivity index (χ0) is 17.0. The van der Waals surface area contributed by atoms with Crippen LogP contribution < -0.4 is 0 Å². The minimum Gasteiger partial charge on any atom is -0.389 e. The predicted octanol–water partition coefficient (Wildman–Crippen LogP) is 0.639. The van der Waals surface area contributed by atoms with Crippen molar-refractivity contribution in [1.29, 1.82) is 0 Å². The van der Waals surface area contributed by atoms with E-state index < -0.39 is 21.9 Å². The number of aliphatic hydroxyl groups excluding tert-OH is 1. The molecule has 0 aliphatic carbocycles. The molecule has 7 nitrogen and oxygen atoms in total. The molecule has 9 heteroatoms. The summed E-state index contributed by atoms with van der Waals surface area (Å²) in [7, 11) is -1.20. The number of hydrogen-bond acceptors (Lipinski definition) is 5. The zero-order valence-electron chi connectivity index (χ0n) is 12.8. The molecule has 0 aliphatic heterocycles. The van der Waals surface area contributed by atoms with Crippen molar-refractivity contribution < 1.29 is 22.7 Å². The van der Waals surface area contributed by atoms with Gasteiger partial charge in [-0.2, -0.15) is 9.40 Å². The van der Waals surface area contributed by atoms with E-state index in [1.807, 2.05) is 0 Å². The van der Waals surface area contributed by atoms with Crippen LogP contribution in [0.15, 0.2) is 41.6 Å². The molecule has 0 spiro atoms. The van der Waals surface area contributed by atoms with Gasteiger partial charge in [-0.05, 0) is 24.3 Å². The second kappa shape index (κ2) is 7.18. The molecule has 0 saturated carbocycles. The Morgan fingerprint density at radius 2 is 2.22 bits per heavy atom. The minimum absolute atomic E-state index is 0.00641. The summed E-state index contributed by atoms with van der Waals surface area (Å²) in [4.78, 5) is -0.196. The lowest BCUT2D eigenvalue weighted by Gasteiger charge is -2.20. The lowest BCUT2D eigenvalue weighted by atomic mass is 10.3. The number of sulfonamides is 1. The molecule has 1 aromatic carbocycles. The predicted molar refractivity (Wildman–Crippen MR) is 81.2 cm³/mol. The molecule has 2 aromatic rings. The average Bonchev–Trinajstić information content (AvgIpc) is 3.01. The minimum atomic E-state index is -3.91. The topological polar surface area (TPSA) is 84.7 Å². The first-order valence-electron chi connectivity index (χ1n) is 6.79. The summed E-state index contributed by atoms with van der Waals surface area (Å²) in [6.07, 6.45) is 2.09. The largest absolute Gasteiger partial charge is 0.389 e. The van der Waals surface area contributed by atoms with E-state index >= 15 is 0 Å². The number of nitrogens with zero attached hydrogens (tertiary/aromatic N) is 3. The van der Waals surface area contributed by atoms with Crippen LogP contribution in [0.3, 0.4) is 0 Å². The first kappa shape index (κ1) is 17.5. The Morgan fingerprint density at radius 3 is 2.78 bits per heavy atom. The summed E-state index contributed by atoms with van der Waals surface area (Å²) in [5.41, 5.74) is 0.149. The molecule has 2 rings (SSSR count). The fourth-order valence-electron chi connectivity index (χ4n) is 2.07. The molecule has 0 unspecified atom stereocenters. The zero-order valence-corrected chi connectivity index (χ0v) is 13.6. The Morgan fingerprint density at radius 1 is 1.48 bits per heavy atom. The van der Waals surface area contributed by atoms with Crippen molar-refractivity contribution >= 4 is 10.0 Å². The van der Waals surface area contributed by atoms with E-state index in [0.29, 0.717) is 0 Å². The van der Waals surface area contributed by atoms with Gasteiger partial charge in [-0.25, -0.2) is 17.5 Å². The van der Waals surface area contributed by atoms with Gasteiger partial charge in [-0.15, -0.1) is 0 Å². The third-order valence-electron chi connectivity index (χ3n) is 3.21. The summed E-state index contributed by atoms with van der Waals surface area (Å²) < 4.78 is 46.0. The van der Waals surface area contributed by atoms with E-state index in [9.17, 15) is 17.9 Å². The van der Waals surface area contributed by atoms with E-state index in [0.717, 1.165) is 10.4 Å². The molecular weight excluding hydrogens is 325 g/mol. The maximum atomic E-state index is 14.2. The second-order valence-corrected chi connectivity index (χ2v) is 7.00. The third kappa shape index (κ3) is 3.94. The highest BCUT2D eigenvalue weighted by molar-refractivity contribution is 7.89. The highest BCUT2D eigenvalue weighted by Crippen LogP contribution is 2.20. The van der Waals surface area contributed by atoms with Crippen molar-refractivity contribution in [3.05, 3.63) is 42.5 Å². The Bertz CT molecular complexity index is 749. The fraction of sp³-hybridized carbons (Fsp3) is 0.357. The molecule has 1 aromatic heterocycles. The second-order valence-electron chi connectivity index (χ2n) is 4.96. The van der Waals surface area contributed by atoms with Gasteiger partial charge in [0.05, 0.1) is 17.6 Å². The summed E-state index contributed by atoms with van der Waals surface area (Å²) in [5.74, 6) is -0.708. The van der Waals surface area contributed by atoms with Crippen molar-refractivity contribution in [3.8, 4) is 5.69 Å². The van der Waals surface area contributed by atoms with Crippen LogP contribution in [-0.2, 0) is 14.8 Å². The smallest absolute Gasteiger partial charge is 0.243 e. The van der Waals surface area contributed by atoms with Crippen molar-refractivity contribution in [3.63, 3.8) is 0 Å². The van der Waals surface area contributed by atoms with Crippen molar-refractivity contribution in [2.24, 2.45) is 0 Å². The first-order chi connectivity index (χ1) is 10.9. The highest BCUT2D eigenvalue weighted by Gasteiger charge is 2.24. The number of ether oxygens (including phenoxy) is 1. The van der Waals surface area contributed by atoms with Gasteiger partial charge in [-0.1, -0.05) is 0 Å². The molecule has 0 aliphatic rings. The number of benzene rings is 1. The van der Waals surface area contributed by atoms with Crippen LogP contribution in [0, 0.1) is 5.82 Å². The molecule has 0 bridgehead atoms. The lowest BCUT2D eigenvalue weighted by molar-refractivity contribution is 0.0554. The van der Waals surface area contributed by atoms with E-state index in [2.05, 4.69) is 5.10 Å². The molecule has 0 saturated heterocycles. The van der Waals surface area contributed by atoms with Crippen LogP contribution in [0.2, 0.25) is 0 Å². The molecule has 1 N–H and O–H groups in total. The maximum absolute atomic E-state index is 14.2. The monoisotopic (exact) mass is 343 g/mol. The molecule has 23 heavy (non-hydrogen) atoms. The summed E-state index contributed by atoms with van der Waals surface area (Å²) in [6, 6.07) is 5.21. The number of methoxy groups -OCH3 is 1. The van der Waals surface area contributed by atoms with Crippen molar-refractivity contribution in [2.75, 3.05) is 27.3 Å². The van der Waals surface area contributed by atoms with E-state index in [4.69, 9.17) is 4.74 Å². The van der Waals surface area contributed by atoms with Gasteiger partial charge in [0.25, 0.3) is 0 Å². The SMILES string of the molecule is COC[C@H](O)CN(C)S(=O)(=O)c1ccc(-n2cccn2)c(F)c1. The standard InChI is InChI=1S/C14H18FN3O4S/c1-17(9-11(19)10-22-2)23(20,21)12-4-5-14(13(15)8-12)18-7-3-6-16-18/h3-8,11,19H,9-10H2,1-2H3/t11-/m1/s1. The fourth-order valence-corrected chi connectivity index (χ4v) is 3.29. The van der Waals surface area contributed by atoms with Gasteiger partial charge in [0.2, 0.25) is 10.0 Å². The van der Waals surface area contributed by atoms with Crippen LogP contribution in [0.4, 0.5) is 4.39 Å². The quantitative estimate of drug-likeness (QED) is 0.797. The van der Waals surface area contributed by atoms with Crippen LogP contribution in [0.5, 0.6) is 0 Å². The van der Waals surface area contributed by atoms with Gasteiger partial charge >= 0.3 is 0 Å². The number of likely N-dealkylation sites (N-methyl/N-ethyl adjacent to an activating group) is 1. The first-order valence-corrected chi connectivity index (χ1v) is 8.23. The van der Waals surface area contributed by atoms with Crippen molar-refractivity contribution in [2.45, 2.75) is 11.0 Å². The molecule has 1 atom stereocenters. The van der Waals surface area contributed by atoms with Crippen LogP contribution in [-0.4, -0.2) is 61.0 Å². The number of hydrogen-bond donors (Lipinski definition) is 1. The lowest BCUT2D eigenvalue weighted by Crippen LogP contribution is -2.36. The number of aromatic nitrogens is 2.